The number of carbonyl (C=O) groups is 1. The molecule has 0 aliphatic carbocycles. The summed E-state index contributed by atoms with van der Waals surface area (Å²) < 4.78 is 12.5. The van der Waals surface area contributed by atoms with Gasteiger partial charge in [-0.05, 0) is 55.1 Å². The van der Waals surface area contributed by atoms with Crippen LogP contribution in [-0.2, 0) is 23.0 Å². The molecule has 2 aromatic carbocycles. The van der Waals surface area contributed by atoms with E-state index in [0.717, 1.165) is 16.7 Å². The molecule has 1 aromatic heterocycles. The van der Waals surface area contributed by atoms with Crippen molar-refractivity contribution in [2.24, 2.45) is 18.7 Å². The largest absolute Gasteiger partial charge is 0.419 e. The number of aryl methyl sites for hydroxylation is 1. The highest BCUT2D eigenvalue weighted by Gasteiger charge is 2.48. The monoisotopic (exact) mass is 464 g/mol. The molecule has 1 saturated heterocycles. The van der Waals surface area contributed by atoms with Crippen molar-refractivity contribution in [3.05, 3.63) is 58.6 Å². The predicted molar refractivity (Wildman–Crippen MR) is 126 cm³/mol. The number of aromatic nitrogens is 1. The number of hydrogen-bond acceptors (Lipinski definition) is 7. The van der Waals surface area contributed by atoms with Crippen LogP contribution in [0.3, 0.4) is 0 Å². The molecular formula is C25H28N4O5. The van der Waals surface area contributed by atoms with Gasteiger partial charge in [0, 0.05) is 13.6 Å². The van der Waals surface area contributed by atoms with E-state index in [1.54, 1.807) is 20.0 Å². The van der Waals surface area contributed by atoms with Crippen LogP contribution in [-0.4, -0.2) is 46.5 Å². The fraction of sp³-hybridized carbons (Fsp3) is 0.400. The van der Waals surface area contributed by atoms with E-state index in [1.165, 1.54) is 4.57 Å². The number of nitrogens with zero attached hydrogens (tertiary/aromatic N) is 2. The second-order valence-electron chi connectivity index (χ2n) is 9.16. The number of aliphatic hydroxyl groups is 1. The summed E-state index contributed by atoms with van der Waals surface area (Å²) in [6, 6.07) is 15.3. The molecule has 9 nitrogen and oxygen atoms in total. The van der Waals surface area contributed by atoms with E-state index < -0.39 is 28.8 Å². The van der Waals surface area contributed by atoms with Crippen molar-refractivity contribution in [1.29, 1.82) is 5.26 Å². The van der Waals surface area contributed by atoms with E-state index >= 15 is 0 Å². The summed E-state index contributed by atoms with van der Waals surface area (Å²) in [6.45, 7) is 2.11. The third-order valence-electron chi connectivity index (χ3n) is 6.52. The van der Waals surface area contributed by atoms with Crippen LogP contribution >= 0.6 is 0 Å². The summed E-state index contributed by atoms with van der Waals surface area (Å²) in [5.41, 5.74) is 6.94. The first kappa shape index (κ1) is 23.7. The molecule has 3 atom stereocenters. The zero-order valence-electron chi connectivity index (χ0n) is 19.2. The number of benzene rings is 2. The van der Waals surface area contributed by atoms with E-state index in [-0.39, 0.29) is 19.6 Å². The summed E-state index contributed by atoms with van der Waals surface area (Å²) in [5, 5.41) is 23.5. The molecule has 34 heavy (non-hydrogen) atoms. The number of ether oxygens (including phenoxy) is 1. The van der Waals surface area contributed by atoms with Crippen molar-refractivity contribution < 1.29 is 19.1 Å². The molecule has 4 rings (SSSR count). The number of nitrogens with two attached hydrogens (primary N) is 1. The molecule has 4 N–H and O–H groups in total. The molecule has 2 heterocycles. The van der Waals surface area contributed by atoms with Crippen LogP contribution in [0.5, 0.6) is 0 Å². The van der Waals surface area contributed by atoms with Crippen LogP contribution in [0.4, 0.5) is 0 Å². The first-order valence-electron chi connectivity index (χ1n) is 11.1. The van der Waals surface area contributed by atoms with Crippen LogP contribution in [0.25, 0.3) is 22.2 Å². The molecule has 1 fully saturated rings. The Labute approximate surface area is 196 Å². The molecule has 9 heteroatoms. The lowest BCUT2D eigenvalue weighted by Gasteiger charge is -2.39. The van der Waals surface area contributed by atoms with Crippen molar-refractivity contribution in [1.82, 2.24) is 9.88 Å². The van der Waals surface area contributed by atoms with Gasteiger partial charge < -0.3 is 25.3 Å². The maximum absolute atomic E-state index is 12.5. The summed E-state index contributed by atoms with van der Waals surface area (Å²) >= 11 is 0. The van der Waals surface area contributed by atoms with Crippen LogP contribution in [0, 0.1) is 17.2 Å². The zero-order chi connectivity index (χ0) is 24.5. The van der Waals surface area contributed by atoms with Gasteiger partial charge in [-0.15, -0.1) is 0 Å². The van der Waals surface area contributed by atoms with Gasteiger partial charge in [-0.3, -0.25) is 9.36 Å². The molecule has 1 aliphatic heterocycles. The van der Waals surface area contributed by atoms with Crippen LogP contribution < -0.4 is 16.8 Å². The molecule has 3 aromatic rings. The van der Waals surface area contributed by atoms with Crippen molar-refractivity contribution >= 4 is 17.0 Å². The van der Waals surface area contributed by atoms with Crippen molar-refractivity contribution in [3.8, 4) is 17.2 Å². The molecule has 0 radical (unpaired) electrons. The highest BCUT2D eigenvalue weighted by Crippen LogP contribution is 2.30. The van der Waals surface area contributed by atoms with Gasteiger partial charge in [-0.2, -0.15) is 5.26 Å². The van der Waals surface area contributed by atoms with Crippen LogP contribution in [0.15, 0.2) is 51.7 Å². The number of primary amides is 1. The first-order valence-corrected chi connectivity index (χ1v) is 11.1. The average molecular weight is 465 g/mol. The quantitative estimate of drug-likeness (QED) is 0.519. The Hall–Kier alpha value is -3.45. The van der Waals surface area contributed by atoms with Crippen molar-refractivity contribution in [3.63, 3.8) is 0 Å². The lowest BCUT2D eigenvalue weighted by molar-refractivity contribution is -0.165. The number of oxazole rings is 1. The van der Waals surface area contributed by atoms with Gasteiger partial charge in [0.1, 0.15) is 0 Å². The molecule has 178 valence electrons. The van der Waals surface area contributed by atoms with Gasteiger partial charge in [0.25, 0.3) is 5.91 Å². The number of amides is 1. The van der Waals surface area contributed by atoms with E-state index in [1.807, 2.05) is 36.4 Å². The minimum atomic E-state index is -1.56. The van der Waals surface area contributed by atoms with Gasteiger partial charge in [-0.1, -0.05) is 30.3 Å². The maximum Gasteiger partial charge on any atom is 0.419 e. The highest BCUT2D eigenvalue weighted by atomic mass is 16.5. The third kappa shape index (κ3) is 4.48. The summed E-state index contributed by atoms with van der Waals surface area (Å²) in [6.07, 6.45) is 0.706. The Bertz CT molecular complexity index is 1300. The SMILES string of the molecule is Cn1c(=O)oc2ccc(-c3ccc(C[C@@H](C#N)C4(C(N)=O)CNCCC(C)(O)CO4)cc3)cc21. The normalized spacial score (nSPS) is 24.2. The smallest absolute Gasteiger partial charge is 0.408 e. The van der Waals surface area contributed by atoms with E-state index in [2.05, 4.69) is 11.4 Å². The Morgan fingerprint density at radius 3 is 2.68 bits per heavy atom. The lowest BCUT2D eigenvalue weighted by atomic mass is 9.81. The van der Waals surface area contributed by atoms with E-state index in [4.69, 9.17) is 14.9 Å². The van der Waals surface area contributed by atoms with Gasteiger partial charge >= 0.3 is 5.76 Å². The van der Waals surface area contributed by atoms with Crippen LogP contribution in [0.2, 0.25) is 0 Å². The third-order valence-corrected chi connectivity index (χ3v) is 6.52. The first-order chi connectivity index (χ1) is 16.1. The summed E-state index contributed by atoms with van der Waals surface area (Å²) in [5.74, 6) is -2.00. The molecule has 1 amide bonds. The lowest BCUT2D eigenvalue weighted by Crippen LogP contribution is -2.61. The minimum absolute atomic E-state index is 0.0896. The Morgan fingerprint density at radius 2 is 2.00 bits per heavy atom. The molecule has 0 spiro atoms. The fourth-order valence-electron chi connectivity index (χ4n) is 4.28. The summed E-state index contributed by atoms with van der Waals surface area (Å²) in [4.78, 5) is 24.3. The maximum atomic E-state index is 12.5. The second-order valence-corrected chi connectivity index (χ2v) is 9.16. The van der Waals surface area contributed by atoms with Crippen molar-refractivity contribution in [2.45, 2.75) is 31.0 Å². The summed E-state index contributed by atoms with van der Waals surface area (Å²) in [7, 11) is 1.66. The molecule has 2 unspecified atom stereocenters. The van der Waals surface area contributed by atoms with Gasteiger partial charge in [-0.25, -0.2) is 4.79 Å². The average Bonchev–Trinajstić information content (AvgIpc) is 3.09. The van der Waals surface area contributed by atoms with Gasteiger partial charge in [0.05, 0.1) is 29.7 Å². The fourth-order valence-corrected chi connectivity index (χ4v) is 4.28. The van der Waals surface area contributed by atoms with Gasteiger partial charge in [0.15, 0.2) is 11.2 Å². The number of carbonyl (C=O) groups excluding carboxylic acids is 1. The predicted octanol–water partition coefficient (Wildman–Crippen LogP) is 1.47. The number of rotatable bonds is 5. The second kappa shape index (κ2) is 9.06. The molecule has 0 saturated carbocycles. The van der Waals surface area contributed by atoms with Crippen LogP contribution in [0.1, 0.15) is 18.9 Å². The Kier molecular flexibility index (Phi) is 6.32. The topological polar surface area (TPSA) is 144 Å². The zero-order valence-corrected chi connectivity index (χ0v) is 19.2. The van der Waals surface area contributed by atoms with E-state index in [0.29, 0.717) is 24.1 Å². The standard InChI is InChI=1S/C25H28N4O5/c1-24(32)9-10-28-14-25(22(27)30,33-15-24)19(13-26)11-16-3-5-17(6-4-16)18-7-8-21-20(12-18)29(2)23(31)34-21/h3-8,12,19,28,32H,9-11,14-15H2,1-2H3,(H2,27,30)/t19-,24?,25?/m0/s1. The number of fused-ring (bicyclic) bond motifs is 1. The molecule has 0 bridgehead atoms. The number of hydrogen-bond donors (Lipinski definition) is 3. The van der Waals surface area contributed by atoms with E-state index in [9.17, 15) is 20.0 Å². The number of nitriles is 1. The molecule has 1 aliphatic rings. The Morgan fingerprint density at radius 1 is 1.29 bits per heavy atom. The van der Waals surface area contributed by atoms with Crippen molar-refractivity contribution in [2.75, 3.05) is 19.7 Å². The minimum Gasteiger partial charge on any atom is -0.408 e. The van der Waals surface area contributed by atoms with Gasteiger partial charge in [0.2, 0.25) is 0 Å². The molecular weight excluding hydrogens is 436 g/mol. The Balaban J connectivity index is 1.58. The highest BCUT2D eigenvalue weighted by molar-refractivity contribution is 5.85. The number of nitrogens with one attached hydrogen (secondary N) is 1.